The highest BCUT2D eigenvalue weighted by atomic mass is 16.5. The number of para-hydroxylation sites is 1. The summed E-state index contributed by atoms with van der Waals surface area (Å²) in [5, 5.41) is 3.10. The maximum atomic E-state index is 5.57. The standard InChI is InChI=1S/C11H17NO2/c1-12-9-10-5-3-4-6-11(10)14-8-7-13-2/h3-6,12H,7-9H2,1-2H3. The average molecular weight is 195 g/mol. The summed E-state index contributed by atoms with van der Waals surface area (Å²) in [6.45, 7) is 2.04. The minimum Gasteiger partial charge on any atom is -0.491 e. The van der Waals surface area contributed by atoms with Crippen LogP contribution in [-0.2, 0) is 11.3 Å². The van der Waals surface area contributed by atoms with Crippen LogP contribution in [0, 0.1) is 0 Å². The van der Waals surface area contributed by atoms with Crippen molar-refractivity contribution in [1.29, 1.82) is 0 Å². The van der Waals surface area contributed by atoms with Gasteiger partial charge in [0.2, 0.25) is 0 Å². The molecule has 0 bridgehead atoms. The van der Waals surface area contributed by atoms with Gasteiger partial charge in [-0.15, -0.1) is 0 Å². The number of nitrogens with one attached hydrogen (secondary N) is 1. The molecule has 14 heavy (non-hydrogen) atoms. The summed E-state index contributed by atoms with van der Waals surface area (Å²) >= 11 is 0. The van der Waals surface area contributed by atoms with Crippen molar-refractivity contribution in [3.63, 3.8) is 0 Å². The van der Waals surface area contributed by atoms with Crippen LogP contribution in [0.25, 0.3) is 0 Å². The molecule has 0 aliphatic carbocycles. The molecule has 78 valence electrons. The van der Waals surface area contributed by atoms with Gasteiger partial charge in [0, 0.05) is 19.2 Å². The first kappa shape index (κ1) is 11.0. The summed E-state index contributed by atoms with van der Waals surface area (Å²) in [6, 6.07) is 8.01. The fraction of sp³-hybridized carbons (Fsp3) is 0.455. The number of ether oxygens (including phenoxy) is 2. The molecular weight excluding hydrogens is 178 g/mol. The lowest BCUT2D eigenvalue weighted by Crippen LogP contribution is -2.09. The van der Waals surface area contributed by atoms with Crippen molar-refractivity contribution in [1.82, 2.24) is 5.32 Å². The van der Waals surface area contributed by atoms with Crippen molar-refractivity contribution in [3.8, 4) is 5.75 Å². The fourth-order valence-electron chi connectivity index (χ4n) is 1.22. The van der Waals surface area contributed by atoms with Crippen LogP contribution in [0.2, 0.25) is 0 Å². The molecule has 0 heterocycles. The summed E-state index contributed by atoms with van der Waals surface area (Å²) in [7, 11) is 3.59. The van der Waals surface area contributed by atoms with Crippen LogP contribution in [0.4, 0.5) is 0 Å². The van der Waals surface area contributed by atoms with Crippen molar-refractivity contribution in [2.45, 2.75) is 6.54 Å². The molecule has 3 nitrogen and oxygen atoms in total. The van der Waals surface area contributed by atoms with Gasteiger partial charge in [-0.1, -0.05) is 18.2 Å². The van der Waals surface area contributed by atoms with Gasteiger partial charge >= 0.3 is 0 Å². The van der Waals surface area contributed by atoms with E-state index >= 15 is 0 Å². The van der Waals surface area contributed by atoms with E-state index in [4.69, 9.17) is 9.47 Å². The van der Waals surface area contributed by atoms with Gasteiger partial charge in [0.15, 0.2) is 0 Å². The Morgan fingerprint density at radius 1 is 1.21 bits per heavy atom. The maximum Gasteiger partial charge on any atom is 0.123 e. The Kier molecular flexibility index (Phi) is 5.04. The summed E-state index contributed by atoms with van der Waals surface area (Å²) in [6.07, 6.45) is 0. The normalized spacial score (nSPS) is 10.1. The number of methoxy groups -OCH3 is 1. The smallest absolute Gasteiger partial charge is 0.123 e. The number of hydrogen-bond donors (Lipinski definition) is 1. The Hall–Kier alpha value is -1.06. The first-order valence-corrected chi connectivity index (χ1v) is 4.72. The van der Waals surface area contributed by atoms with Crippen molar-refractivity contribution in [2.24, 2.45) is 0 Å². The van der Waals surface area contributed by atoms with Crippen molar-refractivity contribution in [3.05, 3.63) is 29.8 Å². The molecular formula is C11H17NO2. The topological polar surface area (TPSA) is 30.5 Å². The van der Waals surface area contributed by atoms with Gasteiger partial charge in [0.05, 0.1) is 6.61 Å². The van der Waals surface area contributed by atoms with Gasteiger partial charge in [-0.25, -0.2) is 0 Å². The Morgan fingerprint density at radius 3 is 2.71 bits per heavy atom. The summed E-state index contributed by atoms with van der Waals surface area (Å²) in [5.74, 6) is 0.930. The van der Waals surface area contributed by atoms with E-state index in [9.17, 15) is 0 Å². The van der Waals surface area contributed by atoms with Crippen LogP contribution in [-0.4, -0.2) is 27.4 Å². The molecule has 1 N–H and O–H groups in total. The predicted molar refractivity (Wildman–Crippen MR) is 56.6 cm³/mol. The molecule has 0 aliphatic heterocycles. The van der Waals surface area contributed by atoms with Gasteiger partial charge in [0.1, 0.15) is 12.4 Å². The molecule has 0 aliphatic rings. The minimum absolute atomic E-state index is 0.594. The molecule has 1 aromatic rings. The number of benzene rings is 1. The van der Waals surface area contributed by atoms with Crippen LogP contribution < -0.4 is 10.1 Å². The first-order valence-electron chi connectivity index (χ1n) is 4.72. The highest BCUT2D eigenvalue weighted by Gasteiger charge is 2.00. The zero-order chi connectivity index (χ0) is 10.2. The van der Waals surface area contributed by atoms with Gasteiger partial charge < -0.3 is 14.8 Å². The van der Waals surface area contributed by atoms with E-state index in [-0.39, 0.29) is 0 Å². The quantitative estimate of drug-likeness (QED) is 0.697. The highest BCUT2D eigenvalue weighted by Crippen LogP contribution is 2.17. The molecule has 0 aromatic heterocycles. The van der Waals surface area contributed by atoms with Gasteiger partial charge in [0.25, 0.3) is 0 Å². The van der Waals surface area contributed by atoms with Crippen LogP contribution in [0.5, 0.6) is 5.75 Å². The zero-order valence-electron chi connectivity index (χ0n) is 8.75. The fourth-order valence-corrected chi connectivity index (χ4v) is 1.22. The molecule has 0 spiro atoms. The molecule has 0 amide bonds. The van der Waals surface area contributed by atoms with E-state index in [2.05, 4.69) is 11.4 Å². The number of hydrogen-bond acceptors (Lipinski definition) is 3. The molecule has 0 saturated heterocycles. The molecule has 1 aromatic carbocycles. The Balaban J connectivity index is 2.55. The second kappa shape index (κ2) is 6.40. The van der Waals surface area contributed by atoms with E-state index in [1.54, 1.807) is 7.11 Å². The lowest BCUT2D eigenvalue weighted by molar-refractivity contribution is 0.145. The van der Waals surface area contributed by atoms with Crippen molar-refractivity contribution in [2.75, 3.05) is 27.4 Å². The third-order valence-electron chi connectivity index (χ3n) is 1.88. The Bertz CT molecular complexity index is 263. The number of rotatable bonds is 6. The van der Waals surface area contributed by atoms with Crippen molar-refractivity contribution < 1.29 is 9.47 Å². The Labute approximate surface area is 85.0 Å². The summed E-state index contributed by atoms with van der Waals surface area (Å²) in [5.41, 5.74) is 1.17. The maximum absolute atomic E-state index is 5.57. The Morgan fingerprint density at radius 2 is 2.00 bits per heavy atom. The first-order chi connectivity index (χ1) is 6.88. The monoisotopic (exact) mass is 195 g/mol. The highest BCUT2D eigenvalue weighted by molar-refractivity contribution is 5.33. The van der Waals surface area contributed by atoms with E-state index in [0.29, 0.717) is 13.2 Å². The van der Waals surface area contributed by atoms with Crippen LogP contribution in [0.1, 0.15) is 5.56 Å². The second-order valence-electron chi connectivity index (χ2n) is 2.98. The SMILES string of the molecule is CNCc1ccccc1OCCOC. The van der Waals surface area contributed by atoms with E-state index in [0.717, 1.165) is 12.3 Å². The molecule has 0 unspecified atom stereocenters. The van der Waals surface area contributed by atoms with Crippen LogP contribution in [0.3, 0.4) is 0 Å². The lowest BCUT2D eigenvalue weighted by Gasteiger charge is -2.10. The third-order valence-corrected chi connectivity index (χ3v) is 1.88. The average Bonchev–Trinajstić information content (AvgIpc) is 2.21. The summed E-state index contributed by atoms with van der Waals surface area (Å²) < 4.78 is 10.5. The van der Waals surface area contributed by atoms with Crippen LogP contribution in [0.15, 0.2) is 24.3 Å². The largest absolute Gasteiger partial charge is 0.491 e. The molecule has 0 fully saturated rings. The van der Waals surface area contributed by atoms with Gasteiger partial charge in [-0.05, 0) is 13.1 Å². The zero-order valence-corrected chi connectivity index (χ0v) is 8.75. The molecule has 0 radical (unpaired) electrons. The molecule has 3 heteroatoms. The molecule has 0 saturated carbocycles. The van der Waals surface area contributed by atoms with Gasteiger partial charge in [-0.3, -0.25) is 0 Å². The third kappa shape index (κ3) is 3.36. The van der Waals surface area contributed by atoms with Gasteiger partial charge in [-0.2, -0.15) is 0 Å². The van der Waals surface area contributed by atoms with Crippen molar-refractivity contribution >= 4 is 0 Å². The second-order valence-corrected chi connectivity index (χ2v) is 2.98. The molecule has 1 rings (SSSR count). The predicted octanol–water partition coefficient (Wildman–Crippen LogP) is 1.43. The van der Waals surface area contributed by atoms with E-state index in [1.165, 1.54) is 5.56 Å². The molecule has 0 atom stereocenters. The van der Waals surface area contributed by atoms with Crippen LogP contribution >= 0.6 is 0 Å². The van der Waals surface area contributed by atoms with E-state index in [1.807, 2.05) is 25.2 Å². The lowest BCUT2D eigenvalue weighted by atomic mass is 10.2. The minimum atomic E-state index is 0.594. The van der Waals surface area contributed by atoms with E-state index < -0.39 is 0 Å². The summed E-state index contributed by atoms with van der Waals surface area (Å²) in [4.78, 5) is 0.